The zero-order chi connectivity index (χ0) is 14.2. The lowest BCUT2D eigenvalue weighted by molar-refractivity contribution is 1.19. The van der Waals surface area contributed by atoms with Crippen molar-refractivity contribution in [1.29, 1.82) is 0 Å². The van der Waals surface area contributed by atoms with E-state index >= 15 is 0 Å². The number of halogens is 1. The first-order valence-electron chi connectivity index (χ1n) is 6.42. The number of nitrogens with one attached hydrogen (secondary N) is 2. The lowest BCUT2D eigenvalue weighted by Gasteiger charge is -2.08. The van der Waals surface area contributed by atoms with Gasteiger partial charge in [0.15, 0.2) is 5.82 Å². The van der Waals surface area contributed by atoms with Gasteiger partial charge in [0.2, 0.25) is 5.28 Å². The van der Waals surface area contributed by atoms with Crippen LogP contribution in [0.1, 0.15) is 0 Å². The minimum absolute atomic E-state index is 0.195. The third-order valence-corrected chi connectivity index (χ3v) is 3.41. The monoisotopic (exact) mass is 295 g/mol. The summed E-state index contributed by atoms with van der Waals surface area (Å²) in [6.07, 6.45) is 3.62. The van der Waals surface area contributed by atoms with E-state index in [1.165, 1.54) is 0 Å². The Morgan fingerprint density at radius 1 is 1.10 bits per heavy atom. The molecule has 3 heterocycles. The van der Waals surface area contributed by atoms with Crippen molar-refractivity contribution < 1.29 is 0 Å². The van der Waals surface area contributed by atoms with Crippen LogP contribution < -0.4 is 5.32 Å². The Morgan fingerprint density at radius 3 is 3.00 bits per heavy atom. The lowest BCUT2D eigenvalue weighted by atomic mass is 10.2. The second-order valence-corrected chi connectivity index (χ2v) is 4.96. The molecule has 5 nitrogen and oxygen atoms in total. The highest BCUT2D eigenvalue weighted by Gasteiger charge is 2.08. The first kappa shape index (κ1) is 12.1. The zero-order valence-corrected chi connectivity index (χ0v) is 11.6. The number of hydrogen-bond donors (Lipinski definition) is 2. The summed E-state index contributed by atoms with van der Waals surface area (Å²) in [5.41, 5.74) is 3.41. The van der Waals surface area contributed by atoms with E-state index in [0.717, 1.165) is 16.6 Å². The third kappa shape index (κ3) is 2.17. The molecule has 21 heavy (non-hydrogen) atoms. The van der Waals surface area contributed by atoms with Crippen LogP contribution in [0.4, 0.5) is 11.5 Å². The minimum atomic E-state index is 0.195. The van der Waals surface area contributed by atoms with Crippen molar-refractivity contribution in [3.05, 3.63) is 54.1 Å². The van der Waals surface area contributed by atoms with Crippen LogP contribution >= 0.6 is 11.6 Å². The molecule has 0 unspecified atom stereocenters. The van der Waals surface area contributed by atoms with Crippen molar-refractivity contribution in [3.8, 4) is 0 Å². The second kappa shape index (κ2) is 4.71. The predicted octanol–water partition coefficient (Wildman–Crippen LogP) is 3.90. The van der Waals surface area contributed by atoms with Gasteiger partial charge in [0, 0.05) is 29.0 Å². The Kier molecular flexibility index (Phi) is 2.72. The number of aromatic nitrogens is 4. The Bertz CT molecular complexity index is 947. The van der Waals surface area contributed by atoms with E-state index in [1.54, 1.807) is 6.20 Å². The van der Waals surface area contributed by atoms with Crippen LogP contribution in [0.3, 0.4) is 0 Å². The van der Waals surface area contributed by atoms with Gasteiger partial charge in [0.05, 0.1) is 5.52 Å². The molecule has 102 valence electrons. The van der Waals surface area contributed by atoms with Crippen molar-refractivity contribution >= 4 is 45.0 Å². The molecule has 0 aliphatic rings. The van der Waals surface area contributed by atoms with Crippen molar-refractivity contribution in [3.63, 3.8) is 0 Å². The molecule has 0 amide bonds. The molecule has 0 bridgehead atoms. The molecule has 4 aromatic rings. The smallest absolute Gasteiger partial charge is 0.225 e. The first-order valence-corrected chi connectivity index (χ1v) is 6.80. The Morgan fingerprint density at radius 2 is 2.05 bits per heavy atom. The number of pyridine rings is 1. The second-order valence-electron chi connectivity index (χ2n) is 4.62. The number of H-pyrrole nitrogens is 1. The van der Waals surface area contributed by atoms with Gasteiger partial charge < -0.3 is 10.3 Å². The van der Waals surface area contributed by atoms with Crippen molar-refractivity contribution in [2.45, 2.75) is 0 Å². The van der Waals surface area contributed by atoms with Crippen LogP contribution in [0.5, 0.6) is 0 Å². The Hall–Kier alpha value is -2.66. The number of fused-ring (bicyclic) bond motifs is 2. The number of anilines is 2. The van der Waals surface area contributed by atoms with Gasteiger partial charge in [-0.1, -0.05) is 0 Å². The molecular weight excluding hydrogens is 286 g/mol. The molecule has 0 spiro atoms. The van der Waals surface area contributed by atoms with Crippen LogP contribution in [0.25, 0.3) is 21.9 Å². The normalized spacial score (nSPS) is 11.1. The molecule has 0 radical (unpaired) electrons. The van der Waals surface area contributed by atoms with Gasteiger partial charge in [-0.15, -0.1) is 0 Å². The quantitative estimate of drug-likeness (QED) is 0.550. The molecule has 2 N–H and O–H groups in total. The number of aromatic amines is 1. The summed E-state index contributed by atoms with van der Waals surface area (Å²) in [6.45, 7) is 0. The standard InChI is InChI=1S/C15H10ClN5/c16-15-20-12-2-1-6-18-13(12)14(21-15)19-10-3-4-11-9(8-10)5-7-17-11/h1-8,17H,(H,19,20,21). The van der Waals surface area contributed by atoms with Crippen LogP contribution in [0.2, 0.25) is 5.28 Å². The number of benzene rings is 1. The summed E-state index contributed by atoms with van der Waals surface area (Å²) < 4.78 is 0. The lowest BCUT2D eigenvalue weighted by Crippen LogP contribution is -1.98. The highest BCUT2D eigenvalue weighted by molar-refractivity contribution is 6.28. The van der Waals surface area contributed by atoms with E-state index < -0.39 is 0 Å². The molecule has 3 aromatic heterocycles. The van der Waals surface area contributed by atoms with Gasteiger partial charge >= 0.3 is 0 Å². The number of hydrogen-bond acceptors (Lipinski definition) is 4. The third-order valence-electron chi connectivity index (χ3n) is 3.24. The Labute approximate surface area is 125 Å². The number of rotatable bonds is 2. The Balaban J connectivity index is 1.82. The molecule has 0 aliphatic heterocycles. The van der Waals surface area contributed by atoms with Crippen LogP contribution in [0, 0.1) is 0 Å². The van der Waals surface area contributed by atoms with Crippen molar-refractivity contribution in [2.75, 3.05) is 5.32 Å². The molecule has 0 fully saturated rings. The van der Waals surface area contributed by atoms with E-state index in [2.05, 4.69) is 25.3 Å². The summed E-state index contributed by atoms with van der Waals surface area (Å²) >= 11 is 5.97. The summed E-state index contributed by atoms with van der Waals surface area (Å²) in [5.74, 6) is 0.598. The molecular formula is C15H10ClN5. The number of nitrogens with zero attached hydrogens (tertiary/aromatic N) is 3. The van der Waals surface area contributed by atoms with Gasteiger partial charge in [-0.3, -0.25) is 4.98 Å². The molecule has 0 saturated heterocycles. The van der Waals surface area contributed by atoms with E-state index in [-0.39, 0.29) is 5.28 Å². The summed E-state index contributed by atoms with van der Waals surface area (Å²) in [5, 5.41) is 4.58. The van der Waals surface area contributed by atoms with E-state index in [0.29, 0.717) is 16.9 Å². The first-order chi connectivity index (χ1) is 10.3. The molecule has 6 heteroatoms. The van der Waals surface area contributed by atoms with Gasteiger partial charge in [-0.05, 0) is 48.0 Å². The van der Waals surface area contributed by atoms with E-state index in [4.69, 9.17) is 11.6 Å². The largest absolute Gasteiger partial charge is 0.361 e. The van der Waals surface area contributed by atoms with Crippen LogP contribution in [-0.2, 0) is 0 Å². The fourth-order valence-corrected chi connectivity index (χ4v) is 2.47. The van der Waals surface area contributed by atoms with Gasteiger partial charge in [-0.2, -0.15) is 4.98 Å². The topological polar surface area (TPSA) is 66.5 Å². The average Bonchev–Trinajstić information content (AvgIpc) is 2.94. The molecule has 0 saturated carbocycles. The fourth-order valence-electron chi connectivity index (χ4n) is 2.29. The van der Waals surface area contributed by atoms with Gasteiger partial charge in [0.25, 0.3) is 0 Å². The zero-order valence-electron chi connectivity index (χ0n) is 10.8. The fraction of sp³-hybridized carbons (Fsp3) is 0. The summed E-state index contributed by atoms with van der Waals surface area (Å²) in [7, 11) is 0. The maximum atomic E-state index is 5.97. The molecule has 0 atom stereocenters. The highest BCUT2D eigenvalue weighted by atomic mass is 35.5. The SMILES string of the molecule is Clc1nc(Nc2ccc3[nH]ccc3c2)c2ncccc2n1. The summed E-state index contributed by atoms with van der Waals surface area (Å²) in [4.78, 5) is 15.9. The summed E-state index contributed by atoms with van der Waals surface area (Å²) in [6, 6.07) is 11.7. The maximum absolute atomic E-state index is 5.97. The van der Waals surface area contributed by atoms with E-state index in [9.17, 15) is 0 Å². The van der Waals surface area contributed by atoms with Crippen molar-refractivity contribution in [1.82, 2.24) is 19.9 Å². The average molecular weight is 296 g/mol. The predicted molar refractivity (Wildman–Crippen MR) is 83.9 cm³/mol. The van der Waals surface area contributed by atoms with Gasteiger partial charge in [-0.25, -0.2) is 4.98 Å². The molecule has 0 aliphatic carbocycles. The van der Waals surface area contributed by atoms with Crippen LogP contribution in [0.15, 0.2) is 48.8 Å². The maximum Gasteiger partial charge on any atom is 0.225 e. The van der Waals surface area contributed by atoms with Crippen LogP contribution in [-0.4, -0.2) is 19.9 Å². The minimum Gasteiger partial charge on any atom is -0.361 e. The van der Waals surface area contributed by atoms with E-state index in [1.807, 2.05) is 42.6 Å². The molecule has 1 aromatic carbocycles. The van der Waals surface area contributed by atoms with Gasteiger partial charge in [0.1, 0.15) is 5.52 Å². The van der Waals surface area contributed by atoms with Crippen molar-refractivity contribution in [2.24, 2.45) is 0 Å². The highest BCUT2D eigenvalue weighted by Crippen LogP contribution is 2.25. The molecule has 4 rings (SSSR count).